The van der Waals surface area contributed by atoms with Crippen molar-refractivity contribution >= 4 is 21.9 Å². The molecule has 0 aliphatic rings. The molecule has 0 saturated carbocycles. The van der Waals surface area contributed by atoms with E-state index in [9.17, 15) is 0 Å². The van der Waals surface area contributed by atoms with Crippen molar-refractivity contribution in [3.8, 4) is 78.4 Å². The van der Waals surface area contributed by atoms with Gasteiger partial charge in [-0.15, -0.1) is 0 Å². The molecule has 0 saturated heterocycles. The van der Waals surface area contributed by atoms with Crippen LogP contribution >= 0.6 is 0 Å². The van der Waals surface area contributed by atoms with Crippen LogP contribution in [-0.4, -0.2) is 15.0 Å². The Hall–Kier alpha value is -7.43. The molecule has 0 unspecified atom stereocenters. The maximum absolute atomic E-state index is 6.21. The number of rotatable bonds is 7. The fraction of sp³-hybridized carbons (Fsp3) is 0. The summed E-state index contributed by atoms with van der Waals surface area (Å²) >= 11 is 0. The number of para-hydroxylation sites is 1. The fourth-order valence-electron chi connectivity index (χ4n) is 7.36. The zero-order valence-electron chi connectivity index (χ0n) is 29.8. The summed E-state index contributed by atoms with van der Waals surface area (Å²) in [5, 5.41) is 2.20. The van der Waals surface area contributed by atoms with Gasteiger partial charge in [-0.3, -0.25) is 4.98 Å². The second-order valence-electron chi connectivity index (χ2n) is 13.7. The van der Waals surface area contributed by atoms with Gasteiger partial charge in [-0.1, -0.05) is 127 Å². The Labute approximate surface area is 319 Å². The minimum absolute atomic E-state index is 0.677. The molecule has 10 aromatic rings. The SMILES string of the molecule is c1ccc(-c2cccc(-c3cc(-c4ccc5oc6ccccc6c5c4)cc(-c4cc(-c5ccc(-c6ccncc6)cc5)nc(-c5ccccc5)n4)c3)c2)cc1. The highest BCUT2D eigenvalue weighted by molar-refractivity contribution is 6.06. The van der Waals surface area contributed by atoms with Gasteiger partial charge in [-0.05, 0) is 105 Å². The van der Waals surface area contributed by atoms with Gasteiger partial charge in [0.2, 0.25) is 0 Å². The molecule has 0 radical (unpaired) electrons. The lowest BCUT2D eigenvalue weighted by Crippen LogP contribution is -1.96. The van der Waals surface area contributed by atoms with Crippen molar-refractivity contribution < 1.29 is 4.42 Å². The Morgan fingerprint density at radius 1 is 0.291 bits per heavy atom. The predicted molar refractivity (Wildman–Crippen MR) is 225 cm³/mol. The van der Waals surface area contributed by atoms with Gasteiger partial charge < -0.3 is 4.42 Å². The molecule has 4 heteroatoms. The number of fused-ring (bicyclic) bond motifs is 3. The van der Waals surface area contributed by atoms with Gasteiger partial charge in [0.1, 0.15) is 11.2 Å². The highest BCUT2D eigenvalue weighted by atomic mass is 16.3. The maximum Gasteiger partial charge on any atom is 0.160 e. The van der Waals surface area contributed by atoms with Crippen LogP contribution in [0.1, 0.15) is 0 Å². The van der Waals surface area contributed by atoms with Gasteiger partial charge in [0.15, 0.2) is 5.82 Å². The minimum Gasteiger partial charge on any atom is -0.456 e. The van der Waals surface area contributed by atoms with Gasteiger partial charge in [0.25, 0.3) is 0 Å². The molecule has 0 spiro atoms. The average molecular weight is 704 g/mol. The zero-order chi connectivity index (χ0) is 36.6. The van der Waals surface area contributed by atoms with Gasteiger partial charge in [0, 0.05) is 39.9 Å². The van der Waals surface area contributed by atoms with E-state index in [-0.39, 0.29) is 0 Å². The van der Waals surface area contributed by atoms with E-state index in [1.54, 1.807) is 0 Å². The van der Waals surface area contributed by atoms with E-state index >= 15 is 0 Å². The summed E-state index contributed by atoms with van der Waals surface area (Å²) in [6.45, 7) is 0. The van der Waals surface area contributed by atoms with Crippen molar-refractivity contribution in [1.82, 2.24) is 15.0 Å². The smallest absolute Gasteiger partial charge is 0.160 e. The second-order valence-corrected chi connectivity index (χ2v) is 13.7. The molecule has 0 aliphatic heterocycles. The van der Waals surface area contributed by atoms with Crippen LogP contribution in [0.15, 0.2) is 205 Å². The van der Waals surface area contributed by atoms with Crippen LogP contribution in [0.4, 0.5) is 0 Å². The van der Waals surface area contributed by atoms with E-state index in [0.717, 1.165) is 83.4 Å². The summed E-state index contributed by atoms with van der Waals surface area (Å²) in [5.41, 5.74) is 15.5. The second kappa shape index (κ2) is 13.8. The first-order valence-electron chi connectivity index (χ1n) is 18.4. The average Bonchev–Trinajstić information content (AvgIpc) is 3.65. The highest BCUT2D eigenvalue weighted by Gasteiger charge is 2.15. The molecule has 0 atom stereocenters. The lowest BCUT2D eigenvalue weighted by atomic mass is 9.92. The van der Waals surface area contributed by atoms with Gasteiger partial charge in [-0.25, -0.2) is 9.97 Å². The molecule has 3 aromatic heterocycles. The van der Waals surface area contributed by atoms with Crippen LogP contribution in [-0.2, 0) is 0 Å². The van der Waals surface area contributed by atoms with Crippen molar-refractivity contribution in [3.63, 3.8) is 0 Å². The molecule has 0 bridgehead atoms. The highest BCUT2D eigenvalue weighted by Crippen LogP contribution is 2.38. The molecule has 55 heavy (non-hydrogen) atoms. The zero-order valence-corrected chi connectivity index (χ0v) is 29.8. The third-order valence-corrected chi connectivity index (χ3v) is 10.2. The molecule has 0 fully saturated rings. The van der Waals surface area contributed by atoms with E-state index in [2.05, 4.69) is 151 Å². The van der Waals surface area contributed by atoms with Crippen molar-refractivity contribution in [1.29, 1.82) is 0 Å². The molecule has 10 rings (SSSR count). The summed E-state index contributed by atoms with van der Waals surface area (Å²) in [5.74, 6) is 0.677. The van der Waals surface area contributed by atoms with Crippen LogP contribution in [0, 0.1) is 0 Å². The molecule has 0 aliphatic carbocycles. The molecule has 7 aromatic carbocycles. The quantitative estimate of drug-likeness (QED) is 0.166. The summed E-state index contributed by atoms with van der Waals surface area (Å²) in [6.07, 6.45) is 3.64. The first kappa shape index (κ1) is 32.2. The minimum atomic E-state index is 0.677. The molecular formula is C51H33N3O. The summed E-state index contributed by atoms with van der Waals surface area (Å²) in [7, 11) is 0. The lowest BCUT2D eigenvalue weighted by Gasteiger charge is -2.14. The molecule has 0 N–H and O–H groups in total. The number of hydrogen-bond donors (Lipinski definition) is 0. The van der Waals surface area contributed by atoms with Crippen LogP contribution < -0.4 is 0 Å². The van der Waals surface area contributed by atoms with E-state index in [0.29, 0.717) is 5.82 Å². The fourth-order valence-corrected chi connectivity index (χ4v) is 7.36. The Bertz CT molecular complexity index is 2950. The number of aromatic nitrogens is 3. The van der Waals surface area contributed by atoms with E-state index < -0.39 is 0 Å². The van der Waals surface area contributed by atoms with Crippen LogP contribution in [0.25, 0.3) is 100 Å². The predicted octanol–water partition coefficient (Wildman–Crippen LogP) is 13.4. The molecule has 0 amide bonds. The van der Waals surface area contributed by atoms with Gasteiger partial charge in [0.05, 0.1) is 11.4 Å². The number of benzene rings is 7. The number of pyridine rings is 1. The van der Waals surface area contributed by atoms with E-state index in [1.165, 1.54) is 11.1 Å². The third-order valence-electron chi connectivity index (χ3n) is 10.2. The topological polar surface area (TPSA) is 51.8 Å². The monoisotopic (exact) mass is 703 g/mol. The third kappa shape index (κ3) is 6.36. The van der Waals surface area contributed by atoms with Crippen LogP contribution in [0.5, 0.6) is 0 Å². The number of furan rings is 1. The Morgan fingerprint density at radius 3 is 1.53 bits per heavy atom. The lowest BCUT2D eigenvalue weighted by molar-refractivity contribution is 0.669. The normalized spacial score (nSPS) is 11.3. The summed E-state index contributed by atoms with van der Waals surface area (Å²) < 4.78 is 6.21. The summed E-state index contributed by atoms with van der Waals surface area (Å²) in [4.78, 5) is 14.6. The Morgan fingerprint density at radius 2 is 0.782 bits per heavy atom. The van der Waals surface area contributed by atoms with Crippen molar-refractivity contribution in [2.24, 2.45) is 0 Å². The molecule has 4 nitrogen and oxygen atoms in total. The van der Waals surface area contributed by atoms with Gasteiger partial charge in [-0.2, -0.15) is 0 Å². The Balaban J connectivity index is 1.16. The standard InChI is InChI=1S/C51H33N3O/c1-3-10-34(11-4-1)39-14-9-15-40(28-39)42-29-43(41-22-23-50-46(32-41)45-16-7-8-17-49(45)55-50)31-44(30-42)48-33-47(53-51(54-48)38-12-5-2-6-13-38)37-20-18-35(19-21-37)36-24-26-52-27-25-36/h1-33H. The van der Waals surface area contributed by atoms with Crippen molar-refractivity contribution in [2.75, 3.05) is 0 Å². The molecular weight excluding hydrogens is 671 g/mol. The van der Waals surface area contributed by atoms with Gasteiger partial charge >= 0.3 is 0 Å². The van der Waals surface area contributed by atoms with Crippen LogP contribution in [0.2, 0.25) is 0 Å². The van der Waals surface area contributed by atoms with E-state index in [1.807, 2.05) is 54.9 Å². The summed E-state index contributed by atoms with van der Waals surface area (Å²) in [6, 6.07) is 65.7. The first-order valence-corrected chi connectivity index (χ1v) is 18.4. The van der Waals surface area contributed by atoms with Crippen LogP contribution in [0.3, 0.4) is 0 Å². The Kier molecular flexibility index (Phi) is 8.12. The molecule has 3 heterocycles. The molecule has 258 valence electrons. The van der Waals surface area contributed by atoms with Crippen molar-refractivity contribution in [3.05, 3.63) is 200 Å². The number of nitrogens with zero attached hydrogens (tertiary/aromatic N) is 3. The van der Waals surface area contributed by atoms with E-state index in [4.69, 9.17) is 14.4 Å². The number of hydrogen-bond acceptors (Lipinski definition) is 4. The first-order chi connectivity index (χ1) is 27.2. The maximum atomic E-state index is 6.21. The van der Waals surface area contributed by atoms with Crippen molar-refractivity contribution in [2.45, 2.75) is 0 Å². The largest absolute Gasteiger partial charge is 0.456 e.